The van der Waals surface area contributed by atoms with Crippen molar-refractivity contribution in [3.8, 4) is 11.4 Å². The number of hydrogen-bond donors (Lipinski definition) is 0. The zero-order valence-electron chi connectivity index (χ0n) is 17.7. The lowest BCUT2D eigenvalue weighted by Gasteiger charge is -2.38. The van der Waals surface area contributed by atoms with Crippen LogP contribution in [0.5, 0.6) is 0 Å². The highest BCUT2D eigenvalue weighted by molar-refractivity contribution is 5.88. The van der Waals surface area contributed by atoms with Crippen LogP contribution in [-0.2, 0) is 19.0 Å². The molecule has 5 heterocycles. The molecule has 6 rings (SSSR count). The molecule has 1 spiro atoms. The summed E-state index contributed by atoms with van der Waals surface area (Å²) in [4.78, 5) is 21.1. The van der Waals surface area contributed by atoms with Crippen LogP contribution in [0.25, 0.3) is 22.6 Å². The van der Waals surface area contributed by atoms with Crippen LogP contribution < -0.4 is 4.90 Å². The number of hydrogen-bond acceptors (Lipinski definition) is 6. The summed E-state index contributed by atoms with van der Waals surface area (Å²) in [6, 6.07) is 8.51. The summed E-state index contributed by atoms with van der Waals surface area (Å²) in [5.74, 6) is 1.77. The Bertz CT molecular complexity index is 1310. The average molecular weight is 413 g/mol. The predicted molar refractivity (Wildman–Crippen MR) is 121 cm³/mol. The Kier molecular flexibility index (Phi) is 3.96. The minimum absolute atomic E-state index is 0.0449. The normalized spacial score (nSPS) is 17.0. The van der Waals surface area contributed by atoms with Gasteiger partial charge in [-0.2, -0.15) is 5.10 Å². The summed E-state index contributed by atoms with van der Waals surface area (Å²) in [7, 11) is 2.00. The number of benzene rings is 1. The maximum absolute atomic E-state index is 4.95. The van der Waals surface area contributed by atoms with Crippen LogP contribution >= 0.6 is 0 Å². The third-order valence-electron chi connectivity index (χ3n) is 6.70. The number of aliphatic imine (C=N–C) groups is 1. The van der Waals surface area contributed by atoms with Crippen molar-refractivity contribution in [2.24, 2.45) is 12.0 Å². The van der Waals surface area contributed by atoms with Gasteiger partial charge in [-0.05, 0) is 31.4 Å². The molecule has 0 saturated carbocycles. The zero-order chi connectivity index (χ0) is 21.0. The van der Waals surface area contributed by atoms with Gasteiger partial charge in [0.2, 0.25) is 0 Å². The van der Waals surface area contributed by atoms with E-state index in [2.05, 4.69) is 62.4 Å². The lowest BCUT2D eigenvalue weighted by atomic mass is 9.74. The molecule has 2 aliphatic heterocycles. The van der Waals surface area contributed by atoms with E-state index in [0.717, 1.165) is 66.5 Å². The average Bonchev–Trinajstić information content (AvgIpc) is 3.51. The van der Waals surface area contributed by atoms with E-state index in [4.69, 9.17) is 4.98 Å². The molecule has 0 radical (unpaired) electrons. The highest BCUT2D eigenvalue weighted by Crippen LogP contribution is 2.44. The molecule has 0 unspecified atom stereocenters. The van der Waals surface area contributed by atoms with Crippen LogP contribution in [0.15, 0.2) is 48.0 Å². The van der Waals surface area contributed by atoms with Crippen molar-refractivity contribution in [3.63, 3.8) is 0 Å². The van der Waals surface area contributed by atoms with Gasteiger partial charge in [-0.1, -0.05) is 18.2 Å². The number of rotatable bonds is 3. The Hall–Kier alpha value is -3.55. The molecular weight excluding hydrogens is 388 g/mol. The highest BCUT2D eigenvalue weighted by atomic mass is 15.3. The molecule has 1 aromatic carbocycles. The number of para-hydroxylation sites is 1. The molecule has 0 bridgehead atoms. The number of aryl methyl sites for hydroxylation is 2. The quantitative estimate of drug-likeness (QED) is 0.515. The number of imidazole rings is 1. The van der Waals surface area contributed by atoms with Gasteiger partial charge in [0, 0.05) is 44.5 Å². The van der Waals surface area contributed by atoms with Crippen molar-refractivity contribution >= 4 is 28.9 Å². The lowest BCUT2D eigenvalue weighted by molar-refractivity contribution is 0.444. The first kappa shape index (κ1) is 18.2. The molecule has 0 aliphatic carbocycles. The maximum atomic E-state index is 4.95. The first-order valence-electron chi connectivity index (χ1n) is 10.8. The summed E-state index contributed by atoms with van der Waals surface area (Å²) in [6.45, 7) is 4.72. The van der Waals surface area contributed by atoms with E-state index in [1.54, 1.807) is 6.33 Å². The lowest BCUT2D eigenvalue weighted by Crippen LogP contribution is -2.43. The topological polar surface area (TPSA) is 77.0 Å². The van der Waals surface area contributed by atoms with Crippen molar-refractivity contribution in [2.75, 3.05) is 18.0 Å². The predicted octanol–water partition coefficient (Wildman–Crippen LogP) is 3.50. The van der Waals surface area contributed by atoms with E-state index in [9.17, 15) is 0 Å². The fourth-order valence-corrected chi connectivity index (χ4v) is 4.91. The van der Waals surface area contributed by atoms with Crippen molar-refractivity contribution in [1.29, 1.82) is 0 Å². The summed E-state index contributed by atoms with van der Waals surface area (Å²) in [5.41, 5.74) is 5.20. The third-order valence-corrected chi connectivity index (χ3v) is 6.70. The molecule has 1 fully saturated rings. The minimum atomic E-state index is 0.0449. The number of anilines is 1. The first-order chi connectivity index (χ1) is 15.2. The fourth-order valence-electron chi connectivity index (χ4n) is 4.91. The Morgan fingerprint density at radius 2 is 1.94 bits per heavy atom. The second-order valence-corrected chi connectivity index (χ2v) is 8.37. The van der Waals surface area contributed by atoms with Crippen LogP contribution in [0.1, 0.15) is 25.3 Å². The number of aromatic nitrogens is 6. The van der Waals surface area contributed by atoms with E-state index >= 15 is 0 Å². The van der Waals surface area contributed by atoms with Gasteiger partial charge in [-0.3, -0.25) is 9.67 Å². The smallest absolute Gasteiger partial charge is 0.165 e. The van der Waals surface area contributed by atoms with Gasteiger partial charge in [0.1, 0.15) is 12.2 Å². The van der Waals surface area contributed by atoms with E-state index in [-0.39, 0.29) is 5.41 Å². The Morgan fingerprint density at radius 1 is 1.10 bits per heavy atom. The molecule has 1 saturated heterocycles. The summed E-state index contributed by atoms with van der Waals surface area (Å²) < 4.78 is 3.94. The molecule has 0 N–H and O–H groups in total. The number of piperidine rings is 1. The first-order valence-corrected chi connectivity index (χ1v) is 10.8. The molecule has 8 nitrogen and oxygen atoms in total. The van der Waals surface area contributed by atoms with Gasteiger partial charge >= 0.3 is 0 Å². The molecule has 0 amide bonds. The Morgan fingerprint density at radius 3 is 2.74 bits per heavy atom. The van der Waals surface area contributed by atoms with E-state index in [0.29, 0.717) is 0 Å². The van der Waals surface area contributed by atoms with E-state index in [1.165, 1.54) is 5.56 Å². The Balaban J connectivity index is 1.33. The van der Waals surface area contributed by atoms with Crippen molar-refractivity contribution in [1.82, 2.24) is 29.3 Å². The van der Waals surface area contributed by atoms with Crippen LogP contribution in [0.2, 0.25) is 0 Å². The zero-order valence-corrected chi connectivity index (χ0v) is 17.7. The highest BCUT2D eigenvalue weighted by Gasteiger charge is 2.40. The van der Waals surface area contributed by atoms with Gasteiger partial charge in [-0.15, -0.1) is 0 Å². The van der Waals surface area contributed by atoms with Crippen LogP contribution in [0.3, 0.4) is 0 Å². The monoisotopic (exact) mass is 412 g/mol. The molecule has 8 heteroatoms. The molecule has 3 aromatic heterocycles. The maximum Gasteiger partial charge on any atom is 0.165 e. The van der Waals surface area contributed by atoms with Crippen LogP contribution in [-0.4, -0.2) is 48.6 Å². The number of fused-ring (bicyclic) bond motifs is 3. The summed E-state index contributed by atoms with van der Waals surface area (Å²) >= 11 is 0. The van der Waals surface area contributed by atoms with Gasteiger partial charge in [0.05, 0.1) is 17.4 Å². The van der Waals surface area contributed by atoms with Gasteiger partial charge in [0.15, 0.2) is 17.0 Å². The second kappa shape index (κ2) is 6.73. The molecule has 31 heavy (non-hydrogen) atoms. The van der Waals surface area contributed by atoms with Crippen LogP contribution in [0, 0.1) is 0 Å². The second-order valence-electron chi connectivity index (χ2n) is 8.37. The largest absolute Gasteiger partial charge is 0.355 e. The van der Waals surface area contributed by atoms with Crippen molar-refractivity contribution in [3.05, 3.63) is 48.5 Å². The Labute approximate surface area is 180 Å². The van der Waals surface area contributed by atoms with Crippen molar-refractivity contribution in [2.45, 2.75) is 31.7 Å². The minimum Gasteiger partial charge on any atom is -0.355 e. The molecule has 2 aliphatic rings. The van der Waals surface area contributed by atoms with Gasteiger partial charge in [0.25, 0.3) is 0 Å². The molecule has 0 atom stereocenters. The fraction of sp³-hybridized carbons (Fsp3) is 0.348. The molecular formula is C23H24N8. The third kappa shape index (κ3) is 2.71. The number of nitrogens with zero attached hydrogens (tertiary/aromatic N) is 8. The van der Waals surface area contributed by atoms with Gasteiger partial charge in [-0.25, -0.2) is 15.0 Å². The van der Waals surface area contributed by atoms with Gasteiger partial charge < -0.3 is 9.47 Å². The SMILES string of the molecule is CCn1cc(-c2nc3c(N4CCC5(C=Nc6ccccc65)CC4)ncnc3n2C)cn1. The molecule has 156 valence electrons. The van der Waals surface area contributed by atoms with E-state index < -0.39 is 0 Å². The van der Waals surface area contributed by atoms with Crippen LogP contribution in [0.4, 0.5) is 11.5 Å². The molecule has 4 aromatic rings. The summed E-state index contributed by atoms with van der Waals surface area (Å²) in [5, 5.41) is 4.40. The van der Waals surface area contributed by atoms with Crippen molar-refractivity contribution < 1.29 is 0 Å². The van der Waals surface area contributed by atoms with E-state index in [1.807, 2.05) is 28.7 Å². The summed E-state index contributed by atoms with van der Waals surface area (Å²) in [6.07, 6.45) is 9.73. The standard InChI is InChI=1S/C23H24N8/c1-3-31-13-16(12-27-31)20-28-19-21(29(20)2)25-15-26-22(19)30-10-8-23(9-11-30)14-24-18-7-5-4-6-17(18)23/h4-7,12-15H,3,8-11H2,1-2H3.